The van der Waals surface area contributed by atoms with E-state index in [0.717, 1.165) is 16.7 Å². The number of phenols is 1. The van der Waals surface area contributed by atoms with Crippen LogP contribution in [0.3, 0.4) is 0 Å². The molecule has 0 bridgehead atoms. The van der Waals surface area contributed by atoms with Crippen molar-refractivity contribution in [3.8, 4) is 16.9 Å². The summed E-state index contributed by atoms with van der Waals surface area (Å²) >= 11 is 0. The van der Waals surface area contributed by atoms with Crippen molar-refractivity contribution < 1.29 is 5.11 Å². The van der Waals surface area contributed by atoms with Crippen LogP contribution in [-0.2, 0) is 0 Å². The Labute approximate surface area is 107 Å². The second-order valence-electron chi connectivity index (χ2n) is 5.07. The monoisotopic (exact) mass is 239 g/mol. The van der Waals surface area contributed by atoms with Gasteiger partial charge in [-0.3, -0.25) is 0 Å². The first-order valence-corrected chi connectivity index (χ1v) is 6.27. The van der Waals surface area contributed by atoms with Crippen LogP contribution in [0, 0.1) is 13.8 Å². The normalized spacial score (nSPS) is 16.5. The second-order valence-corrected chi connectivity index (χ2v) is 5.07. The Balaban J connectivity index is 2.39. The fourth-order valence-corrected chi connectivity index (χ4v) is 3.19. The van der Waals surface area contributed by atoms with E-state index in [1.807, 2.05) is 6.07 Å². The molecule has 0 saturated carbocycles. The maximum absolute atomic E-state index is 10.1. The van der Waals surface area contributed by atoms with Crippen LogP contribution < -0.4 is 5.73 Å². The molecular weight excluding hydrogens is 222 g/mol. The zero-order valence-electron chi connectivity index (χ0n) is 10.7. The fraction of sp³-hybridized carbons (Fsp3) is 0.250. The highest BCUT2D eigenvalue weighted by atomic mass is 16.3. The molecule has 1 aliphatic rings. The van der Waals surface area contributed by atoms with Crippen LogP contribution in [-0.4, -0.2) is 11.7 Å². The lowest BCUT2D eigenvalue weighted by atomic mass is 9.92. The van der Waals surface area contributed by atoms with E-state index in [4.69, 9.17) is 5.73 Å². The standard InChI is InChI=1S/C16H17NO/c1-9-6-10(2)15-12(7-9)16-11(13(15)8-17)4-3-5-14(16)18/h3-7,13,18H,8,17H2,1-2H3. The molecule has 0 aromatic heterocycles. The number of phenolic OH excluding ortho intramolecular Hbond substituents is 1. The van der Waals surface area contributed by atoms with Crippen LogP contribution >= 0.6 is 0 Å². The molecule has 92 valence electrons. The average molecular weight is 239 g/mol. The largest absolute Gasteiger partial charge is 0.507 e. The summed E-state index contributed by atoms with van der Waals surface area (Å²) in [6, 6.07) is 10.0. The van der Waals surface area contributed by atoms with Gasteiger partial charge in [-0.15, -0.1) is 0 Å². The van der Waals surface area contributed by atoms with Gasteiger partial charge in [0.2, 0.25) is 0 Å². The highest BCUT2D eigenvalue weighted by Crippen LogP contribution is 2.49. The van der Waals surface area contributed by atoms with Gasteiger partial charge in [0.05, 0.1) is 0 Å². The molecule has 2 aromatic rings. The van der Waals surface area contributed by atoms with Crippen molar-refractivity contribution >= 4 is 0 Å². The molecule has 2 aromatic carbocycles. The molecular formula is C16H17NO. The summed E-state index contributed by atoms with van der Waals surface area (Å²) in [4.78, 5) is 0. The van der Waals surface area contributed by atoms with Gasteiger partial charge in [-0.05, 0) is 42.2 Å². The number of fused-ring (bicyclic) bond motifs is 3. The van der Waals surface area contributed by atoms with E-state index >= 15 is 0 Å². The van der Waals surface area contributed by atoms with Gasteiger partial charge in [0.1, 0.15) is 5.75 Å². The summed E-state index contributed by atoms with van der Waals surface area (Å²) in [5.41, 5.74) is 13.0. The minimum absolute atomic E-state index is 0.211. The molecule has 1 atom stereocenters. The van der Waals surface area contributed by atoms with E-state index in [2.05, 4.69) is 32.0 Å². The predicted octanol–water partition coefficient (Wildman–Crippen LogP) is 3.08. The Morgan fingerprint density at radius 3 is 2.72 bits per heavy atom. The van der Waals surface area contributed by atoms with Crippen molar-refractivity contribution in [2.24, 2.45) is 5.73 Å². The number of hydrogen-bond acceptors (Lipinski definition) is 2. The minimum atomic E-state index is 0.211. The first-order valence-electron chi connectivity index (χ1n) is 6.27. The molecule has 0 amide bonds. The lowest BCUT2D eigenvalue weighted by molar-refractivity contribution is 0.477. The minimum Gasteiger partial charge on any atom is -0.507 e. The summed E-state index contributed by atoms with van der Waals surface area (Å²) in [5.74, 6) is 0.567. The Morgan fingerprint density at radius 2 is 2.00 bits per heavy atom. The van der Waals surface area contributed by atoms with E-state index in [9.17, 15) is 5.11 Å². The van der Waals surface area contributed by atoms with Crippen LogP contribution in [0.15, 0.2) is 30.3 Å². The van der Waals surface area contributed by atoms with Gasteiger partial charge >= 0.3 is 0 Å². The lowest BCUT2D eigenvalue weighted by Gasteiger charge is -2.13. The summed E-state index contributed by atoms with van der Waals surface area (Å²) in [6.45, 7) is 4.79. The van der Waals surface area contributed by atoms with E-state index in [1.54, 1.807) is 6.07 Å². The Bertz CT molecular complexity index is 631. The number of aromatic hydroxyl groups is 1. The van der Waals surface area contributed by atoms with E-state index in [-0.39, 0.29) is 5.92 Å². The molecule has 2 heteroatoms. The third kappa shape index (κ3) is 1.39. The molecule has 3 rings (SSSR count). The molecule has 3 N–H and O–H groups in total. The molecule has 0 heterocycles. The smallest absolute Gasteiger partial charge is 0.123 e. The third-order valence-corrected chi connectivity index (χ3v) is 3.83. The van der Waals surface area contributed by atoms with Crippen molar-refractivity contribution in [1.82, 2.24) is 0 Å². The molecule has 2 nitrogen and oxygen atoms in total. The van der Waals surface area contributed by atoms with Crippen LogP contribution in [0.5, 0.6) is 5.75 Å². The number of hydrogen-bond donors (Lipinski definition) is 2. The van der Waals surface area contributed by atoms with E-state index < -0.39 is 0 Å². The van der Waals surface area contributed by atoms with Gasteiger partial charge in [0.15, 0.2) is 0 Å². The van der Waals surface area contributed by atoms with Crippen LogP contribution in [0.1, 0.15) is 28.2 Å². The highest BCUT2D eigenvalue weighted by molar-refractivity contribution is 5.84. The molecule has 0 radical (unpaired) electrons. The molecule has 1 aliphatic carbocycles. The van der Waals surface area contributed by atoms with Crippen molar-refractivity contribution in [1.29, 1.82) is 0 Å². The topological polar surface area (TPSA) is 46.2 Å². The summed E-state index contributed by atoms with van der Waals surface area (Å²) < 4.78 is 0. The third-order valence-electron chi connectivity index (χ3n) is 3.83. The van der Waals surface area contributed by atoms with Gasteiger partial charge in [0.25, 0.3) is 0 Å². The van der Waals surface area contributed by atoms with Gasteiger partial charge in [-0.1, -0.05) is 29.8 Å². The number of nitrogens with two attached hydrogens (primary N) is 1. The first-order chi connectivity index (χ1) is 8.63. The summed E-state index contributed by atoms with van der Waals surface area (Å²) in [7, 11) is 0. The van der Waals surface area contributed by atoms with Crippen molar-refractivity contribution in [3.63, 3.8) is 0 Å². The van der Waals surface area contributed by atoms with Crippen LogP contribution in [0.25, 0.3) is 11.1 Å². The maximum atomic E-state index is 10.1. The molecule has 18 heavy (non-hydrogen) atoms. The van der Waals surface area contributed by atoms with Crippen molar-refractivity contribution in [2.75, 3.05) is 6.54 Å². The van der Waals surface area contributed by atoms with Gasteiger partial charge in [-0.25, -0.2) is 0 Å². The summed E-state index contributed by atoms with van der Waals surface area (Å²) in [6.07, 6.45) is 0. The van der Waals surface area contributed by atoms with Crippen molar-refractivity contribution in [3.05, 3.63) is 52.6 Å². The quantitative estimate of drug-likeness (QED) is 0.803. The number of benzene rings is 2. The number of aryl methyl sites for hydroxylation is 2. The number of rotatable bonds is 1. The van der Waals surface area contributed by atoms with Crippen LogP contribution in [0.4, 0.5) is 0 Å². The maximum Gasteiger partial charge on any atom is 0.123 e. The molecule has 1 unspecified atom stereocenters. The van der Waals surface area contributed by atoms with Crippen LogP contribution in [0.2, 0.25) is 0 Å². The zero-order chi connectivity index (χ0) is 12.9. The van der Waals surface area contributed by atoms with E-state index in [0.29, 0.717) is 12.3 Å². The Hall–Kier alpha value is -1.80. The first kappa shape index (κ1) is 11.3. The van der Waals surface area contributed by atoms with Crippen molar-refractivity contribution in [2.45, 2.75) is 19.8 Å². The molecule has 0 fully saturated rings. The molecule has 0 aliphatic heterocycles. The highest BCUT2D eigenvalue weighted by Gasteiger charge is 2.31. The lowest BCUT2D eigenvalue weighted by Crippen LogP contribution is -2.12. The Kier molecular flexibility index (Phi) is 2.42. The van der Waals surface area contributed by atoms with E-state index in [1.165, 1.54) is 16.7 Å². The SMILES string of the molecule is Cc1cc(C)c2c(c1)-c1c(O)cccc1C2CN. The average Bonchev–Trinajstić information content (AvgIpc) is 2.64. The van der Waals surface area contributed by atoms with Gasteiger partial charge < -0.3 is 10.8 Å². The second kappa shape index (κ2) is 3.85. The Morgan fingerprint density at radius 1 is 1.22 bits per heavy atom. The van der Waals surface area contributed by atoms with Gasteiger partial charge in [-0.2, -0.15) is 0 Å². The zero-order valence-corrected chi connectivity index (χ0v) is 10.7. The summed E-state index contributed by atoms with van der Waals surface area (Å²) in [5, 5.41) is 10.1. The molecule has 0 spiro atoms. The fourth-order valence-electron chi connectivity index (χ4n) is 3.19. The molecule has 0 saturated heterocycles. The van der Waals surface area contributed by atoms with Gasteiger partial charge in [0, 0.05) is 18.0 Å². The predicted molar refractivity (Wildman–Crippen MR) is 73.9 cm³/mol.